The normalized spacial score (nSPS) is 14.1. The molecule has 2 heterocycles. The second kappa shape index (κ2) is 10.8. The lowest BCUT2D eigenvalue weighted by atomic mass is 10.2. The summed E-state index contributed by atoms with van der Waals surface area (Å²) in [7, 11) is -1.87. The third-order valence-electron chi connectivity index (χ3n) is 6.58. The van der Waals surface area contributed by atoms with E-state index in [9.17, 15) is 8.42 Å². The van der Waals surface area contributed by atoms with E-state index in [1.54, 1.807) is 45.2 Å². The number of nitrogens with one attached hydrogen (secondary N) is 3. The maximum Gasteiger partial charge on any atom is 0.229 e. The van der Waals surface area contributed by atoms with Crippen LogP contribution in [0.2, 0.25) is 0 Å². The second-order valence-electron chi connectivity index (χ2n) is 9.37. The number of nitrogens with zero attached hydrogens (tertiary/aromatic N) is 3. The molecular weight excluding hydrogens is 500 g/mol. The number of hydrogen-bond donors (Lipinski definition) is 3. The number of piperazine rings is 1. The van der Waals surface area contributed by atoms with Crippen LogP contribution in [0.4, 0.5) is 28.8 Å². The summed E-state index contributed by atoms with van der Waals surface area (Å²) in [6.07, 6.45) is 0. The standard InChI is InChI=1S/C28H32N6O3S/c1-19(2)38(35,36)26-11-7-6-10-24(26)30-27-21-8-4-5-9-22(21)31-28(33-27)32-23-13-12-20(18-25(23)37-3)34-16-14-29-15-17-34/h4-13,18-19,29H,14-17H2,1-3H3,(H2,30,31,32,33). The zero-order valence-electron chi connectivity index (χ0n) is 21.7. The Morgan fingerprint density at radius 1 is 0.921 bits per heavy atom. The molecule has 0 spiro atoms. The Balaban J connectivity index is 1.51. The summed E-state index contributed by atoms with van der Waals surface area (Å²) in [4.78, 5) is 12.0. The molecule has 198 valence electrons. The lowest BCUT2D eigenvalue weighted by molar-refractivity contribution is 0.416. The van der Waals surface area contributed by atoms with Gasteiger partial charge in [0.1, 0.15) is 11.6 Å². The zero-order valence-corrected chi connectivity index (χ0v) is 22.5. The number of para-hydroxylation sites is 2. The molecule has 3 N–H and O–H groups in total. The molecule has 0 unspecified atom stereocenters. The van der Waals surface area contributed by atoms with Gasteiger partial charge < -0.3 is 25.6 Å². The number of rotatable bonds is 8. The molecule has 1 aliphatic heterocycles. The van der Waals surface area contributed by atoms with Crippen LogP contribution in [0.5, 0.6) is 5.75 Å². The molecule has 0 atom stereocenters. The van der Waals surface area contributed by atoms with Crippen LogP contribution in [0.15, 0.2) is 71.6 Å². The van der Waals surface area contributed by atoms with Crippen LogP contribution >= 0.6 is 0 Å². The molecule has 4 aromatic rings. The maximum atomic E-state index is 13.0. The predicted octanol–water partition coefficient (Wildman–Crippen LogP) is 4.72. The van der Waals surface area contributed by atoms with Crippen LogP contribution in [0.1, 0.15) is 13.8 Å². The summed E-state index contributed by atoms with van der Waals surface area (Å²) in [6.45, 7) is 7.12. The molecule has 1 saturated heterocycles. The van der Waals surface area contributed by atoms with Crippen molar-refractivity contribution in [1.29, 1.82) is 0 Å². The predicted molar refractivity (Wildman–Crippen MR) is 153 cm³/mol. The van der Waals surface area contributed by atoms with Crippen LogP contribution in [0.3, 0.4) is 0 Å². The Hall–Kier alpha value is -3.89. The number of fused-ring (bicyclic) bond motifs is 1. The number of aromatic nitrogens is 2. The molecule has 38 heavy (non-hydrogen) atoms. The molecule has 0 bridgehead atoms. The van der Waals surface area contributed by atoms with Crippen LogP contribution in [0, 0.1) is 0 Å². The van der Waals surface area contributed by atoms with E-state index in [4.69, 9.17) is 14.7 Å². The highest BCUT2D eigenvalue weighted by Crippen LogP contribution is 2.34. The highest BCUT2D eigenvalue weighted by Gasteiger charge is 2.23. The number of ether oxygens (including phenoxy) is 1. The Kier molecular flexibility index (Phi) is 7.35. The Morgan fingerprint density at radius 3 is 2.42 bits per heavy atom. The van der Waals surface area contributed by atoms with Crippen molar-refractivity contribution < 1.29 is 13.2 Å². The monoisotopic (exact) mass is 532 g/mol. The van der Waals surface area contributed by atoms with E-state index in [0.29, 0.717) is 28.7 Å². The molecule has 0 saturated carbocycles. The molecule has 5 rings (SSSR count). The first-order valence-electron chi connectivity index (χ1n) is 12.6. The summed E-state index contributed by atoms with van der Waals surface area (Å²) in [5, 5.41) is 10.2. The van der Waals surface area contributed by atoms with E-state index in [-0.39, 0.29) is 4.90 Å². The van der Waals surface area contributed by atoms with Crippen LogP contribution in [-0.2, 0) is 9.84 Å². The zero-order chi connectivity index (χ0) is 26.7. The fraction of sp³-hybridized carbons (Fsp3) is 0.286. The topological polar surface area (TPSA) is 108 Å². The second-order valence-corrected chi connectivity index (χ2v) is 11.8. The number of anilines is 5. The van der Waals surface area contributed by atoms with Gasteiger partial charge in [0.2, 0.25) is 5.95 Å². The van der Waals surface area contributed by atoms with E-state index >= 15 is 0 Å². The highest BCUT2D eigenvalue weighted by atomic mass is 32.2. The van der Waals surface area contributed by atoms with Crippen molar-refractivity contribution >= 4 is 49.6 Å². The van der Waals surface area contributed by atoms with Crippen molar-refractivity contribution in [2.75, 3.05) is 48.8 Å². The Morgan fingerprint density at radius 2 is 1.66 bits per heavy atom. The van der Waals surface area contributed by atoms with Gasteiger partial charge in [0, 0.05) is 43.3 Å². The first kappa shape index (κ1) is 25.7. The summed E-state index contributed by atoms with van der Waals surface area (Å²) >= 11 is 0. The van der Waals surface area contributed by atoms with Crippen LogP contribution < -0.4 is 25.6 Å². The van der Waals surface area contributed by atoms with Gasteiger partial charge in [-0.3, -0.25) is 0 Å². The quantitative estimate of drug-likeness (QED) is 0.297. The summed E-state index contributed by atoms with van der Waals surface area (Å²) in [5.74, 6) is 1.55. The van der Waals surface area contributed by atoms with E-state index in [1.807, 2.05) is 36.4 Å². The fourth-order valence-corrected chi connectivity index (χ4v) is 5.65. The number of hydrogen-bond acceptors (Lipinski definition) is 9. The summed E-state index contributed by atoms with van der Waals surface area (Å²) in [5.41, 5.74) is 3.01. The van der Waals surface area contributed by atoms with Gasteiger partial charge in [0.25, 0.3) is 0 Å². The third-order valence-corrected chi connectivity index (χ3v) is 8.79. The Labute approximate surface area is 223 Å². The molecule has 1 fully saturated rings. The van der Waals surface area contributed by atoms with E-state index < -0.39 is 15.1 Å². The molecule has 3 aromatic carbocycles. The van der Waals surface area contributed by atoms with Crippen LogP contribution in [-0.4, -0.2) is 56.9 Å². The van der Waals surface area contributed by atoms with Gasteiger partial charge in [-0.2, -0.15) is 4.98 Å². The average Bonchev–Trinajstić information content (AvgIpc) is 2.94. The number of benzene rings is 3. The maximum absolute atomic E-state index is 13.0. The fourth-order valence-electron chi connectivity index (χ4n) is 4.45. The molecule has 0 aliphatic carbocycles. The van der Waals surface area contributed by atoms with E-state index in [1.165, 1.54) is 0 Å². The molecule has 0 amide bonds. The third kappa shape index (κ3) is 5.23. The van der Waals surface area contributed by atoms with Gasteiger partial charge >= 0.3 is 0 Å². The van der Waals surface area contributed by atoms with Gasteiger partial charge in [0.05, 0.1) is 34.1 Å². The van der Waals surface area contributed by atoms with Gasteiger partial charge in [-0.05, 0) is 50.2 Å². The molecule has 1 aromatic heterocycles. The van der Waals surface area contributed by atoms with Crippen molar-refractivity contribution in [2.45, 2.75) is 24.0 Å². The average molecular weight is 533 g/mol. The van der Waals surface area contributed by atoms with Gasteiger partial charge in [-0.15, -0.1) is 0 Å². The van der Waals surface area contributed by atoms with E-state index in [2.05, 4.69) is 26.9 Å². The van der Waals surface area contributed by atoms with Crippen molar-refractivity contribution in [2.24, 2.45) is 0 Å². The Bertz CT molecular complexity index is 1550. The lowest BCUT2D eigenvalue weighted by Crippen LogP contribution is -2.43. The van der Waals surface area contributed by atoms with E-state index in [0.717, 1.165) is 42.9 Å². The van der Waals surface area contributed by atoms with Crippen molar-refractivity contribution in [3.8, 4) is 5.75 Å². The highest BCUT2D eigenvalue weighted by molar-refractivity contribution is 7.92. The minimum absolute atomic E-state index is 0.234. The molecular formula is C28H32N6O3S. The van der Waals surface area contributed by atoms with Gasteiger partial charge in [-0.25, -0.2) is 13.4 Å². The molecule has 10 heteroatoms. The van der Waals surface area contributed by atoms with Crippen molar-refractivity contribution in [1.82, 2.24) is 15.3 Å². The number of sulfone groups is 1. The summed E-state index contributed by atoms with van der Waals surface area (Å²) < 4.78 is 31.7. The van der Waals surface area contributed by atoms with Gasteiger partial charge in [-0.1, -0.05) is 24.3 Å². The van der Waals surface area contributed by atoms with Gasteiger partial charge in [0.15, 0.2) is 9.84 Å². The SMILES string of the molecule is COc1cc(N2CCNCC2)ccc1Nc1nc(Nc2ccccc2S(=O)(=O)C(C)C)c2ccccc2n1. The lowest BCUT2D eigenvalue weighted by Gasteiger charge is -2.30. The first-order valence-corrected chi connectivity index (χ1v) is 14.2. The molecule has 0 radical (unpaired) electrons. The largest absolute Gasteiger partial charge is 0.494 e. The van der Waals surface area contributed by atoms with Crippen molar-refractivity contribution in [3.05, 3.63) is 66.7 Å². The first-order chi connectivity index (χ1) is 18.4. The minimum Gasteiger partial charge on any atom is -0.494 e. The number of methoxy groups -OCH3 is 1. The molecule has 9 nitrogen and oxygen atoms in total. The van der Waals surface area contributed by atoms with Crippen LogP contribution in [0.25, 0.3) is 10.9 Å². The smallest absolute Gasteiger partial charge is 0.229 e. The van der Waals surface area contributed by atoms with Crippen molar-refractivity contribution in [3.63, 3.8) is 0 Å². The summed E-state index contributed by atoms with van der Waals surface area (Å²) in [6, 6.07) is 20.5. The molecule has 1 aliphatic rings. The minimum atomic E-state index is -3.51.